The quantitative estimate of drug-likeness (QED) is 0.878. The third kappa shape index (κ3) is 1.94. The fraction of sp³-hybridized carbons (Fsp3) is 0.182. The first-order chi connectivity index (χ1) is 7.61. The number of hydrogen-bond acceptors (Lipinski definition) is 2. The molecule has 0 bridgehead atoms. The van der Waals surface area contributed by atoms with Crippen molar-refractivity contribution >= 4 is 22.5 Å². The van der Waals surface area contributed by atoms with E-state index in [9.17, 15) is 9.18 Å². The van der Waals surface area contributed by atoms with Crippen LogP contribution in [0.25, 0.3) is 10.9 Å². The van der Waals surface area contributed by atoms with E-state index in [2.05, 4.69) is 4.98 Å². The van der Waals surface area contributed by atoms with Gasteiger partial charge in [-0.05, 0) is 12.1 Å². The minimum Gasteiger partial charge on any atom is -0.378 e. The molecule has 0 aliphatic carbocycles. The van der Waals surface area contributed by atoms with E-state index in [0.29, 0.717) is 16.6 Å². The van der Waals surface area contributed by atoms with Crippen LogP contribution in [0.5, 0.6) is 0 Å². The maximum atomic E-state index is 13.1. The highest BCUT2D eigenvalue weighted by Gasteiger charge is 2.08. The van der Waals surface area contributed by atoms with Crippen molar-refractivity contribution in [3.63, 3.8) is 0 Å². The van der Waals surface area contributed by atoms with Crippen LogP contribution in [0.2, 0.25) is 5.02 Å². The number of nitrogens with one attached hydrogen (secondary N) is 1. The van der Waals surface area contributed by atoms with E-state index in [4.69, 9.17) is 16.3 Å². The normalized spacial score (nSPS) is 10.9. The molecule has 0 atom stereocenters. The Morgan fingerprint density at radius 3 is 2.88 bits per heavy atom. The van der Waals surface area contributed by atoms with Crippen molar-refractivity contribution in [1.82, 2.24) is 4.98 Å². The Kier molecular flexibility index (Phi) is 2.94. The van der Waals surface area contributed by atoms with Crippen molar-refractivity contribution in [2.75, 3.05) is 7.11 Å². The molecule has 16 heavy (non-hydrogen) atoms. The van der Waals surface area contributed by atoms with E-state index in [0.717, 1.165) is 6.07 Å². The van der Waals surface area contributed by atoms with Crippen LogP contribution in [-0.2, 0) is 11.3 Å². The average Bonchev–Trinajstić information content (AvgIpc) is 2.15. The fourth-order valence-electron chi connectivity index (χ4n) is 1.60. The van der Waals surface area contributed by atoms with Gasteiger partial charge in [0.15, 0.2) is 5.43 Å². The molecule has 0 unspecified atom stereocenters. The van der Waals surface area contributed by atoms with Gasteiger partial charge in [-0.25, -0.2) is 4.39 Å². The van der Waals surface area contributed by atoms with Crippen molar-refractivity contribution in [1.29, 1.82) is 0 Å². The lowest BCUT2D eigenvalue weighted by Gasteiger charge is -2.04. The van der Waals surface area contributed by atoms with Gasteiger partial charge < -0.3 is 9.72 Å². The summed E-state index contributed by atoms with van der Waals surface area (Å²) < 4.78 is 18.0. The number of fused-ring (bicyclic) bond motifs is 1. The summed E-state index contributed by atoms with van der Waals surface area (Å²) in [5.41, 5.74) is 0.719. The second-order valence-electron chi connectivity index (χ2n) is 3.40. The molecular weight excluding hydrogens is 233 g/mol. The van der Waals surface area contributed by atoms with Crippen molar-refractivity contribution in [2.24, 2.45) is 0 Å². The smallest absolute Gasteiger partial charge is 0.191 e. The van der Waals surface area contributed by atoms with E-state index in [-0.39, 0.29) is 17.1 Å². The summed E-state index contributed by atoms with van der Waals surface area (Å²) in [6.45, 7) is 0.263. The molecular formula is C11H9ClFNO2. The number of rotatable bonds is 2. The van der Waals surface area contributed by atoms with Crippen LogP contribution in [-0.4, -0.2) is 12.1 Å². The van der Waals surface area contributed by atoms with Gasteiger partial charge in [0.2, 0.25) is 0 Å². The van der Waals surface area contributed by atoms with Crippen LogP contribution in [0.3, 0.4) is 0 Å². The predicted molar refractivity (Wildman–Crippen MR) is 60.2 cm³/mol. The molecule has 0 amide bonds. The molecule has 5 heteroatoms. The molecule has 1 aromatic carbocycles. The van der Waals surface area contributed by atoms with Gasteiger partial charge in [-0.15, -0.1) is 0 Å². The molecule has 2 aromatic rings. The summed E-state index contributed by atoms with van der Waals surface area (Å²) in [5.74, 6) is -0.484. The third-order valence-electron chi connectivity index (χ3n) is 2.20. The third-order valence-corrected chi connectivity index (χ3v) is 2.50. The van der Waals surface area contributed by atoms with Crippen LogP contribution >= 0.6 is 11.6 Å². The molecule has 3 nitrogen and oxygen atoms in total. The molecule has 1 heterocycles. The van der Waals surface area contributed by atoms with Crippen LogP contribution in [0, 0.1) is 5.82 Å². The molecule has 0 saturated carbocycles. The highest BCUT2D eigenvalue weighted by Crippen LogP contribution is 2.20. The minimum atomic E-state index is -0.484. The predicted octanol–water partition coefficient (Wildman–Crippen LogP) is 2.47. The van der Waals surface area contributed by atoms with Gasteiger partial charge in [-0.3, -0.25) is 4.79 Å². The molecule has 0 aliphatic heterocycles. The van der Waals surface area contributed by atoms with Crippen molar-refractivity contribution in [3.05, 3.63) is 45.0 Å². The number of benzene rings is 1. The number of halogens is 2. The summed E-state index contributed by atoms with van der Waals surface area (Å²) >= 11 is 5.81. The lowest BCUT2D eigenvalue weighted by Crippen LogP contribution is -2.06. The first-order valence-corrected chi connectivity index (χ1v) is 4.99. The molecule has 0 saturated heterocycles. The number of aromatic nitrogens is 1. The van der Waals surface area contributed by atoms with Crippen LogP contribution in [0.1, 0.15) is 5.69 Å². The molecule has 2 rings (SSSR count). The van der Waals surface area contributed by atoms with Gasteiger partial charge in [0.1, 0.15) is 5.82 Å². The lowest BCUT2D eigenvalue weighted by atomic mass is 10.2. The average molecular weight is 242 g/mol. The molecule has 1 aromatic heterocycles. The second-order valence-corrected chi connectivity index (χ2v) is 3.81. The Hall–Kier alpha value is -1.39. The summed E-state index contributed by atoms with van der Waals surface area (Å²) in [5, 5.41) is 0.406. The van der Waals surface area contributed by atoms with Gasteiger partial charge in [0, 0.05) is 18.9 Å². The van der Waals surface area contributed by atoms with Crippen molar-refractivity contribution in [2.45, 2.75) is 6.61 Å². The summed E-state index contributed by atoms with van der Waals surface area (Å²) in [6, 6.07) is 3.76. The molecule has 0 spiro atoms. The summed E-state index contributed by atoms with van der Waals surface area (Å²) in [6.07, 6.45) is 0. The Morgan fingerprint density at radius 1 is 1.44 bits per heavy atom. The minimum absolute atomic E-state index is 0.111. The SMILES string of the molecule is COCc1cc(=O)c2c(Cl)cc(F)cc2[nH]1. The Labute approximate surface area is 95.8 Å². The Balaban J connectivity index is 2.77. The number of hydrogen-bond donors (Lipinski definition) is 1. The summed E-state index contributed by atoms with van der Waals surface area (Å²) in [4.78, 5) is 14.6. The maximum absolute atomic E-state index is 13.1. The van der Waals surface area contributed by atoms with E-state index in [1.165, 1.54) is 19.2 Å². The molecule has 0 aliphatic rings. The fourth-order valence-corrected chi connectivity index (χ4v) is 1.89. The van der Waals surface area contributed by atoms with Crippen LogP contribution in [0.15, 0.2) is 23.0 Å². The van der Waals surface area contributed by atoms with E-state index >= 15 is 0 Å². The van der Waals surface area contributed by atoms with Crippen LogP contribution in [0.4, 0.5) is 4.39 Å². The second kappa shape index (κ2) is 4.23. The molecule has 1 N–H and O–H groups in total. The lowest BCUT2D eigenvalue weighted by molar-refractivity contribution is 0.181. The maximum Gasteiger partial charge on any atom is 0.191 e. The number of H-pyrrole nitrogens is 1. The molecule has 84 valence electrons. The van der Waals surface area contributed by atoms with Gasteiger partial charge in [-0.2, -0.15) is 0 Å². The number of methoxy groups -OCH3 is 1. The van der Waals surface area contributed by atoms with Gasteiger partial charge in [0.25, 0.3) is 0 Å². The van der Waals surface area contributed by atoms with E-state index < -0.39 is 5.82 Å². The number of pyridine rings is 1. The van der Waals surface area contributed by atoms with E-state index in [1.54, 1.807) is 0 Å². The first-order valence-electron chi connectivity index (χ1n) is 4.61. The Morgan fingerprint density at radius 2 is 2.19 bits per heavy atom. The Bertz CT molecular complexity index is 594. The van der Waals surface area contributed by atoms with E-state index in [1.807, 2.05) is 0 Å². The highest BCUT2D eigenvalue weighted by atomic mass is 35.5. The van der Waals surface area contributed by atoms with Gasteiger partial charge >= 0.3 is 0 Å². The highest BCUT2D eigenvalue weighted by molar-refractivity contribution is 6.35. The van der Waals surface area contributed by atoms with Gasteiger partial charge in [-0.1, -0.05) is 11.6 Å². The molecule has 0 fully saturated rings. The van der Waals surface area contributed by atoms with Gasteiger partial charge in [0.05, 0.1) is 22.5 Å². The van der Waals surface area contributed by atoms with Crippen molar-refractivity contribution in [3.8, 4) is 0 Å². The zero-order chi connectivity index (χ0) is 11.7. The standard InChI is InChI=1S/C11H9ClFNO2/c1-16-5-7-4-10(15)11-8(12)2-6(13)3-9(11)14-7/h2-4H,5H2,1H3,(H,14,15). The first kappa shape index (κ1) is 11.1. The van der Waals surface area contributed by atoms with Crippen LogP contribution < -0.4 is 5.43 Å². The zero-order valence-corrected chi connectivity index (χ0v) is 9.27. The molecule has 0 radical (unpaired) electrons. The largest absolute Gasteiger partial charge is 0.378 e. The topological polar surface area (TPSA) is 42.1 Å². The summed E-state index contributed by atoms with van der Waals surface area (Å²) in [7, 11) is 1.51. The number of aromatic amines is 1. The monoisotopic (exact) mass is 241 g/mol. The van der Waals surface area contributed by atoms with Crippen molar-refractivity contribution < 1.29 is 9.13 Å². The number of ether oxygens (including phenoxy) is 1. The zero-order valence-electron chi connectivity index (χ0n) is 8.51.